The highest BCUT2D eigenvalue weighted by Crippen LogP contribution is 2.31. The maximum atomic E-state index is 12.6. The van der Waals surface area contributed by atoms with E-state index in [1.165, 1.54) is 26.4 Å². The van der Waals surface area contributed by atoms with Gasteiger partial charge in [0.2, 0.25) is 0 Å². The van der Waals surface area contributed by atoms with Crippen LogP contribution in [0, 0.1) is 6.92 Å². The number of ether oxygens (including phenoxy) is 1. The van der Waals surface area contributed by atoms with E-state index in [1.54, 1.807) is 6.07 Å². The van der Waals surface area contributed by atoms with Crippen LogP contribution in [0.2, 0.25) is 0 Å². The lowest BCUT2D eigenvalue weighted by atomic mass is 10.2. The molecule has 6 nitrogen and oxygen atoms in total. The average Bonchev–Trinajstić information content (AvgIpc) is 2.87. The van der Waals surface area contributed by atoms with Crippen LogP contribution in [0.4, 0.5) is 13.2 Å². The van der Waals surface area contributed by atoms with Crippen LogP contribution in [0.15, 0.2) is 18.5 Å². The molecular formula is C13H13F3N4O2. The number of H-pyrrole nitrogens is 1. The zero-order valence-corrected chi connectivity index (χ0v) is 11.8. The number of halogens is 3. The number of amides is 1. The number of alkyl halides is 3. The lowest BCUT2D eigenvalue weighted by Crippen LogP contribution is -2.24. The number of aromatic amines is 1. The molecule has 0 bridgehead atoms. The van der Waals surface area contributed by atoms with Crippen molar-refractivity contribution in [2.24, 2.45) is 0 Å². The smallest absolute Gasteiger partial charge is 0.433 e. The predicted octanol–water partition coefficient (Wildman–Crippen LogP) is 2.07. The van der Waals surface area contributed by atoms with Gasteiger partial charge in [0.1, 0.15) is 11.4 Å². The number of carbonyl (C=O) groups excluding carboxylic acids is 1. The molecule has 0 fully saturated rings. The Bertz CT molecular complexity index is 682. The molecule has 2 N–H and O–H groups in total. The number of nitrogens with one attached hydrogen (secondary N) is 2. The van der Waals surface area contributed by atoms with E-state index in [0.29, 0.717) is 11.3 Å². The third kappa shape index (κ3) is 3.18. The predicted molar refractivity (Wildman–Crippen MR) is 70.3 cm³/mol. The molecule has 0 saturated heterocycles. The highest BCUT2D eigenvalue weighted by molar-refractivity contribution is 5.93. The van der Waals surface area contributed by atoms with Gasteiger partial charge < -0.3 is 10.1 Å². The van der Waals surface area contributed by atoms with Gasteiger partial charge in [-0.25, -0.2) is 0 Å². The fourth-order valence-electron chi connectivity index (χ4n) is 1.89. The highest BCUT2D eigenvalue weighted by atomic mass is 19.4. The Labute approximate surface area is 123 Å². The summed E-state index contributed by atoms with van der Waals surface area (Å²) in [5, 5.41) is 7.78. The van der Waals surface area contributed by atoms with Gasteiger partial charge in [-0.1, -0.05) is 0 Å². The zero-order valence-electron chi connectivity index (χ0n) is 11.8. The molecule has 0 saturated carbocycles. The molecule has 0 aliphatic carbocycles. The van der Waals surface area contributed by atoms with E-state index in [-0.39, 0.29) is 17.8 Å². The molecule has 0 spiro atoms. The van der Waals surface area contributed by atoms with Crippen LogP contribution in [0.1, 0.15) is 27.3 Å². The fourth-order valence-corrected chi connectivity index (χ4v) is 1.89. The van der Waals surface area contributed by atoms with Crippen molar-refractivity contribution in [3.8, 4) is 5.75 Å². The minimum atomic E-state index is -4.58. The fraction of sp³-hybridized carbons (Fsp3) is 0.308. The second kappa shape index (κ2) is 6.04. The van der Waals surface area contributed by atoms with Crippen LogP contribution in [-0.4, -0.2) is 28.2 Å². The van der Waals surface area contributed by atoms with Crippen LogP contribution in [0.5, 0.6) is 5.75 Å². The molecule has 2 rings (SSSR count). The number of hydrogen-bond acceptors (Lipinski definition) is 4. The minimum absolute atomic E-state index is 0.0815. The Hall–Kier alpha value is -2.58. The molecule has 0 atom stereocenters. The lowest BCUT2D eigenvalue weighted by Gasteiger charge is -2.08. The summed E-state index contributed by atoms with van der Waals surface area (Å²) in [4.78, 5) is 15.8. The van der Waals surface area contributed by atoms with Crippen molar-refractivity contribution >= 4 is 5.91 Å². The first kappa shape index (κ1) is 15.8. The summed E-state index contributed by atoms with van der Waals surface area (Å²) in [6.45, 7) is 1.27. The van der Waals surface area contributed by atoms with Crippen LogP contribution >= 0.6 is 0 Å². The van der Waals surface area contributed by atoms with Gasteiger partial charge in [0.25, 0.3) is 5.91 Å². The minimum Gasteiger partial charge on any atom is -0.495 e. The first-order chi connectivity index (χ1) is 10.3. The lowest BCUT2D eigenvalue weighted by molar-refractivity contribution is -0.141. The van der Waals surface area contributed by atoms with Crippen molar-refractivity contribution in [3.05, 3.63) is 41.0 Å². The molecule has 0 aliphatic rings. The van der Waals surface area contributed by atoms with Gasteiger partial charge in [-0.05, 0) is 13.0 Å². The monoisotopic (exact) mass is 314 g/mol. The molecule has 2 aromatic rings. The molecule has 0 aliphatic heterocycles. The Balaban J connectivity index is 2.12. The third-order valence-corrected chi connectivity index (χ3v) is 3.04. The summed E-state index contributed by atoms with van der Waals surface area (Å²) in [6, 6.07) is 1.64. The summed E-state index contributed by atoms with van der Waals surface area (Å²) >= 11 is 0. The van der Waals surface area contributed by atoms with Crippen LogP contribution < -0.4 is 10.1 Å². The van der Waals surface area contributed by atoms with Gasteiger partial charge >= 0.3 is 6.18 Å². The molecule has 2 heterocycles. The second-order valence-electron chi connectivity index (χ2n) is 4.44. The standard InChI is InChI=1S/C13H13F3N4O2/c1-7-10(19-20-11(7)13(14,15)16)12(21)18-5-8-3-4-17-6-9(8)22-2/h3-4,6H,5H2,1-2H3,(H,18,21)(H,19,20). The maximum absolute atomic E-state index is 12.6. The van der Waals surface area contributed by atoms with E-state index in [0.717, 1.165) is 0 Å². The number of aromatic nitrogens is 3. The topological polar surface area (TPSA) is 79.9 Å². The van der Waals surface area contributed by atoms with E-state index in [1.807, 2.05) is 5.10 Å². The molecular weight excluding hydrogens is 301 g/mol. The molecule has 118 valence electrons. The largest absolute Gasteiger partial charge is 0.495 e. The van der Waals surface area contributed by atoms with E-state index < -0.39 is 17.8 Å². The third-order valence-electron chi connectivity index (χ3n) is 3.04. The first-order valence-corrected chi connectivity index (χ1v) is 6.21. The summed E-state index contributed by atoms with van der Waals surface area (Å²) in [6.07, 6.45) is -1.58. The Kier molecular flexibility index (Phi) is 4.34. The van der Waals surface area contributed by atoms with E-state index in [4.69, 9.17) is 4.74 Å². The quantitative estimate of drug-likeness (QED) is 0.905. The normalized spacial score (nSPS) is 11.3. The van der Waals surface area contributed by atoms with Crippen molar-refractivity contribution in [3.63, 3.8) is 0 Å². The number of methoxy groups -OCH3 is 1. The van der Waals surface area contributed by atoms with Gasteiger partial charge in [0.05, 0.1) is 13.3 Å². The Morgan fingerprint density at radius 1 is 1.45 bits per heavy atom. The maximum Gasteiger partial charge on any atom is 0.433 e. The van der Waals surface area contributed by atoms with Crippen molar-refractivity contribution in [1.82, 2.24) is 20.5 Å². The van der Waals surface area contributed by atoms with Crippen LogP contribution in [-0.2, 0) is 12.7 Å². The second-order valence-corrected chi connectivity index (χ2v) is 4.44. The zero-order chi connectivity index (χ0) is 16.3. The summed E-state index contributed by atoms with van der Waals surface area (Å²) in [7, 11) is 1.45. The average molecular weight is 314 g/mol. The van der Waals surface area contributed by atoms with Crippen molar-refractivity contribution < 1.29 is 22.7 Å². The molecule has 9 heteroatoms. The Morgan fingerprint density at radius 2 is 2.18 bits per heavy atom. The number of carbonyl (C=O) groups is 1. The van der Waals surface area contributed by atoms with Gasteiger partial charge in [0, 0.05) is 23.9 Å². The molecule has 2 aromatic heterocycles. The highest BCUT2D eigenvalue weighted by Gasteiger charge is 2.36. The van der Waals surface area contributed by atoms with E-state index >= 15 is 0 Å². The van der Waals surface area contributed by atoms with E-state index in [9.17, 15) is 18.0 Å². The van der Waals surface area contributed by atoms with Crippen LogP contribution in [0.3, 0.4) is 0 Å². The molecule has 0 aromatic carbocycles. The van der Waals surface area contributed by atoms with Crippen molar-refractivity contribution in [2.75, 3.05) is 7.11 Å². The van der Waals surface area contributed by atoms with Gasteiger partial charge in [-0.2, -0.15) is 18.3 Å². The summed E-state index contributed by atoms with van der Waals surface area (Å²) < 4.78 is 43.0. The van der Waals surface area contributed by atoms with Crippen LogP contribution in [0.25, 0.3) is 0 Å². The number of rotatable bonds is 4. The number of nitrogens with zero attached hydrogens (tertiary/aromatic N) is 2. The van der Waals surface area contributed by atoms with Crippen molar-refractivity contribution in [1.29, 1.82) is 0 Å². The van der Waals surface area contributed by atoms with Gasteiger partial charge in [0.15, 0.2) is 5.69 Å². The van der Waals surface area contributed by atoms with Crippen molar-refractivity contribution in [2.45, 2.75) is 19.6 Å². The number of pyridine rings is 1. The Morgan fingerprint density at radius 3 is 2.77 bits per heavy atom. The number of hydrogen-bond donors (Lipinski definition) is 2. The van der Waals surface area contributed by atoms with Gasteiger partial charge in [-0.3, -0.25) is 14.9 Å². The molecule has 0 radical (unpaired) electrons. The summed E-state index contributed by atoms with van der Waals surface area (Å²) in [5.74, 6) is -0.236. The molecule has 22 heavy (non-hydrogen) atoms. The SMILES string of the molecule is COc1cnccc1CNC(=O)c1n[nH]c(C(F)(F)F)c1C. The summed E-state index contributed by atoms with van der Waals surface area (Å²) in [5.41, 5.74) is -0.915. The molecule has 0 unspecified atom stereocenters. The molecule has 1 amide bonds. The van der Waals surface area contributed by atoms with Gasteiger partial charge in [-0.15, -0.1) is 0 Å². The van der Waals surface area contributed by atoms with E-state index in [2.05, 4.69) is 15.4 Å². The first-order valence-electron chi connectivity index (χ1n) is 6.21.